The Balaban J connectivity index is 1.49. The van der Waals surface area contributed by atoms with Crippen LogP contribution < -0.4 is 10.1 Å². The minimum atomic E-state index is -0.480. The number of aryl methyl sites for hydroxylation is 1. The van der Waals surface area contributed by atoms with Gasteiger partial charge in [0.05, 0.1) is 16.6 Å². The predicted octanol–water partition coefficient (Wildman–Crippen LogP) is 6.63. The Hall–Kier alpha value is -2.99. The highest BCUT2D eigenvalue weighted by atomic mass is 35.5. The smallest absolute Gasteiger partial charge is 0.329 e. The lowest BCUT2D eigenvalue weighted by molar-refractivity contribution is -0.123. The van der Waals surface area contributed by atoms with Crippen molar-refractivity contribution in [1.29, 1.82) is 0 Å². The van der Waals surface area contributed by atoms with Crippen LogP contribution >= 0.6 is 34.8 Å². The molecular weight excluding hydrogens is 483 g/mol. The molecule has 33 heavy (non-hydrogen) atoms. The number of nitrogens with one attached hydrogen (secondary N) is 1. The first-order valence-electron chi connectivity index (χ1n) is 10.1. The zero-order valence-electron chi connectivity index (χ0n) is 17.6. The number of carbonyl (C=O) groups is 2. The fourth-order valence-electron chi connectivity index (χ4n) is 3.29. The Bertz CT molecular complexity index is 1220. The average molecular weight is 502 g/mol. The number of halogens is 3. The number of ether oxygens (including phenoxy) is 1. The van der Waals surface area contributed by atoms with Crippen molar-refractivity contribution in [3.8, 4) is 5.75 Å². The van der Waals surface area contributed by atoms with Crippen molar-refractivity contribution in [2.75, 3.05) is 0 Å². The number of rotatable bonds is 6. The zero-order valence-corrected chi connectivity index (χ0v) is 19.8. The van der Waals surface area contributed by atoms with Gasteiger partial charge in [0, 0.05) is 5.02 Å². The van der Waals surface area contributed by atoms with Crippen LogP contribution in [0.25, 0.3) is 6.08 Å². The summed E-state index contributed by atoms with van der Waals surface area (Å²) in [4.78, 5) is 26.3. The Labute approximate surface area is 206 Å². The summed E-state index contributed by atoms with van der Waals surface area (Å²) in [7, 11) is 0. The Morgan fingerprint density at radius 2 is 1.52 bits per heavy atom. The minimum Gasteiger partial charge on any atom is -0.486 e. The van der Waals surface area contributed by atoms with E-state index >= 15 is 0 Å². The van der Waals surface area contributed by atoms with Gasteiger partial charge in [-0.1, -0.05) is 76.8 Å². The van der Waals surface area contributed by atoms with Crippen molar-refractivity contribution >= 4 is 52.8 Å². The van der Waals surface area contributed by atoms with Gasteiger partial charge in [0.25, 0.3) is 5.91 Å². The lowest BCUT2D eigenvalue weighted by Gasteiger charge is -2.12. The monoisotopic (exact) mass is 500 g/mol. The van der Waals surface area contributed by atoms with Gasteiger partial charge in [0.15, 0.2) is 5.75 Å². The first kappa shape index (κ1) is 23.2. The first-order chi connectivity index (χ1) is 15.8. The van der Waals surface area contributed by atoms with E-state index in [-0.39, 0.29) is 28.9 Å². The number of imide groups is 1. The van der Waals surface area contributed by atoms with Crippen molar-refractivity contribution in [2.45, 2.75) is 20.1 Å². The third-order valence-electron chi connectivity index (χ3n) is 5.05. The largest absolute Gasteiger partial charge is 0.486 e. The fourth-order valence-corrected chi connectivity index (χ4v) is 4.03. The number of hydrogen-bond acceptors (Lipinski definition) is 3. The zero-order chi connectivity index (χ0) is 23.5. The van der Waals surface area contributed by atoms with Gasteiger partial charge in [-0.15, -0.1) is 0 Å². The van der Waals surface area contributed by atoms with E-state index in [2.05, 4.69) is 5.32 Å². The molecule has 1 saturated heterocycles. The standard InChI is InChI=1S/C25H19Cl3N2O3/c1-15-2-4-16(5-3-15)13-30-24(31)22(29-25(30)32)12-18-10-20(27)23(21(28)11-18)33-14-17-6-8-19(26)9-7-17/h2-12H,13-14H2,1H3,(H,29,32)/b22-12+. The number of benzene rings is 3. The van der Waals surface area contributed by atoms with Gasteiger partial charge in [-0.05, 0) is 54.0 Å². The van der Waals surface area contributed by atoms with E-state index < -0.39 is 11.9 Å². The second-order valence-electron chi connectivity index (χ2n) is 7.59. The molecule has 1 heterocycles. The summed E-state index contributed by atoms with van der Waals surface area (Å²) >= 11 is 18.7. The summed E-state index contributed by atoms with van der Waals surface area (Å²) in [6.45, 7) is 2.42. The van der Waals surface area contributed by atoms with Crippen LogP contribution in [0.15, 0.2) is 66.4 Å². The summed E-state index contributed by atoms with van der Waals surface area (Å²) < 4.78 is 5.78. The van der Waals surface area contributed by atoms with Crippen LogP contribution in [0.3, 0.4) is 0 Å². The van der Waals surface area contributed by atoms with Crippen LogP contribution in [-0.2, 0) is 17.9 Å². The molecule has 0 atom stereocenters. The molecule has 3 aromatic carbocycles. The van der Waals surface area contributed by atoms with E-state index in [1.807, 2.05) is 43.3 Å². The van der Waals surface area contributed by atoms with E-state index in [0.717, 1.165) is 21.6 Å². The number of nitrogens with zero attached hydrogens (tertiary/aromatic N) is 1. The topological polar surface area (TPSA) is 58.6 Å². The highest BCUT2D eigenvalue weighted by Crippen LogP contribution is 2.35. The number of amides is 3. The minimum absolute atomic E-state index is 0.147. The number of urea groups is 1. The van der Waals surface area contributed by atoms with Gasteiger partial charge >= 0.3 is 6.03 Å². The summed E-state index contributed by atoms with van der Waals surface area (Å²) in [6, 6.07) is 17.7. The van der Waals surface area contributed by atoms with Crippen molar-refractivity contribution in [1.82, 2.24) is 10.2 Å². The third-order valence-corrected chi connectivity index (χ3v) is 5.87. The molecule has 0 spiro atoms. The van der Waals surface area contributed by atoms with Gasteiger partial charge in [0.1, 0.15) is 12.3 Å². The molecule has 1 N–H and O–H groups in total. The van der Waals surface area contributed by atoms with Gasteiger partial charge < -0.3 is 10.1 Å². The van der Waals surface area contributed by atoms with E-state index in [0.29, 0.717) is 16.3 Å². The van der Waals surface area contributed by atoms with Crippen LogP contribution in [0, 0.1) is 6.92 Å². The molecule has 1 aliphatic rings. The molecule has 8 heteroatoms. The SMILES string of the molecule is Cc1ccc(CN2C(=O)N/C(=C/c3cc(Cl)c(OCc4ccc(Cl)cc4)c(Cl)c3)C2=O)cc1. The van der Waals surface area contributed by atoms with Crippen LogP contribution in [0.2, 0.25) is 15.1 Å². The van der Waals surface area contributed by atoms with Crippen LogP contribution in [-0.4, -0.2) is 16.8 Å². The molecule has 0 bridgehead atoms. The lowest BCUT2D eigenvalue weighted by Crippen LogP contribution is -2.30. The molecule has 3 aromatic rings. The molecule has 5 nitrogen and oxygen atoms in total. The molecule has 1 aliphatic heterocycles. The van der Waals surface area contributed by atoms with Crippen LogP contribution in [0.5, 0.6) is 5.75 Å². The Morgan fingerprint density at radius 3 is 2.15 bits per heavy atom. The van der Waals surface area contributed by atoms with Gasteiger partial charge in [0.2, 0.25) is 0 Å². The van der Waals surface area contributed by atoms with E-state index in [1.54, 1.807) is 24.3 Å². The molecule has 1 fully saturated rings. The predicted molar refractivity (Wildman–Crippen MR) is 130 cm³/mol. The molecule has 0 aromatic heterocycles. The average Bonchev–Trinajstić information content (AvgIpc) is 3.03. The summed E-state index contributed by atoms with van der Waals surface area (Å²) in [5, 5.41) is 3.82. The summed E-state index contributed by atoms with van der Waals surface area (Å²) in [5.74, 6) is -0.0888. The highest BCUT2D eigenvalue weighted by Gasteiger charge is 2.33. The highest BCUT2D eigenvalue weighted by molar-refractivity contribution is 6.37. The van der Waals surface area contributed by atoms with Gasteiger partial charge in [-0.25, -0.2) is 4.79 Å². The lowest BCUT2D eigenvalue weighted by atomic mass is 10.1. The molecule has 0 saturated carbocycles. The second kappa shape index (κ2) is 9.87. The van der Waals surface area contributed by atoms with Gasteiger partial charge in [-0.3, -0.25) is 9.69 Å². The van der Waals surface area contributed by atoms with Gasteiger partial charge in [-0.2, -0.15) is 0 Å². The van der Waals surface area contributed by atoms with Crippen LogP contribution in [0.4, 0.5) is 4.79 Å². The molecule has 3 amide bonds. The maximum Gasteiger partial charge on any atom is 0.329 e. The summed E-state index contributed by atoms with van der Waals surface area (Å²) in [6.07, 6.45) is 1.54. The van der Waals surface area contributed by atoms with Crippen molar-refractivity contribution in [2.24, 2.45) is 0 Å². The van der Waals surface area contributed by atoms with Crippen molar-refractivity contribution in [3.63, 3.8) is 0 Å². The Morgan fingerprint density at radius 1 is 0.909 bits per heavy atom. The Kier molecular flexibility index (Phi) is 6.94. The van der Waals surface area contributed by atoms with Crippen molar-refractivity contribution in [3.05, 3.63) is 104 Å². The van der Waals surface area contributed by atoms with E-state index in [9.17, 15) is 9.59 Å². The third kappa shape index (κ3) is 5.50. The van der Waals surface area contributed by atoms with Crippen molar-refractivity contribution < 1.29 is 14.3 Å². The maximum absolute atomic E-state index is 12.8. The molecule has 0 unspecified atom stereocenters. The quantitative estimate of drug-likeness (QED) is 0.305. The normalized spacial score (nSPS) is 14.7. The fraction of sp³-hybridized carbons (Fsp3) is 0.120. The first-order valence-corrected chi connectivity index (χ1v) is 11.2. The molecular formula is C25H19Cl3N2O3. The number of hydrogen-bond donors (Lipinski definition) is 1. The molecule has 4 rings (SSSR count). The maximum atomic E-state index is 12.8. The number of carbonyl (C=O) groups excluding carboxylic acids is 2. The van der Waals surface area contributed by atoms with E-state index in [4.69, 9.17) is 39.5 Å². The second-order valence-corrected chi connectivity index (χ2v) is 8.84. The molecule has 168 valence electrons. The summed E-state index contributed by atoms with van der Waals surface area (Å²) in [5.41, 5.74) is 3.58. The molecule has 0 radical (unpaired) electrons. The molecule has 0 aliphatic carbocycles. The van der Waals surface area contributed by atoms with Crippen LogP contribution in [0.1, 0.15) is 22.3 Å². The van der Waals surface area contributed by atoms with E-state index in [1.165, 1.54) is 6.08 Å².